The lowest BCUT2D eigenvalue weighted by Gasteiger charge is -2.30. The minimum atomic E-state index is -0.673. The molecule has 0 aliphatic carbocycles. The molecule has 1 aliphatic heterocycles. The molecule has 0 bridgehead atoms. The van der Waals surface area contributed by atoms with Crippen molar-refractivity contribution >= 4 is 5.65 Å². The minimum absolute atomic E-state index is 0.0758. The van der Waals surface area contributed by atoms with Crippen molar-refractivity contribution in [2.24, 2.45) is 0 Å². The van der Waals surface area contributed by atoms with E-state index in [-0.39, 0.29) is 11.7 Å². The molecule has 1 aromatic carbocycles. The van der Waals surface area contributed by atoms with Crippen LogP contribution in [0.2, 0.25) is 0 Å². The fourth-order valence-corrected chi connectivity index (χ4v) is 4.14. The summed E-state index contributed by atoms with van der Waals surface area (Å²) in [4.78, 5) is 6.83. The number of rotatable bonds is 4. The standard InChI is InChI=1S/C23H23F2N5O/c1-15-4-7-29-20(13-17-14-28(2)8-9-31-17)23(27-21(29)10-15)22-18(24)11-16(12-19(22)25)30-6-3-5-26-30/h3-7,10-12,17H,8-9,13-14H2,1-2H3. The van der Waals surface area contributed by atoms with Crippen LogP contribution in [-0.2, 0) is 11.2 Å². The summed E-state index contributed by atoms with van der Waals surface area (Å²) in [5, 5.41) is 4.06. The van der Waals surface area contributed by atoms with Crippen molar-refractivity contribution in [3.05, 3.63) is 71.8 Å². The Morgan fingerprint density at radius 1 is 1.16 bits per heavy atom. The van der Waals surface area contributed by atoms with E-state index in [1.807, 2.05) is 36.7 Å². The predicted molar refractivity (Wildman–Crippen MR) is 113 cm³/mol. The third-order valence-electron chi connectivity index (χ3n) is 5.68. The first-order valence-electron chi connectivity index (χ1n) is 10.3. The summed E-state index contributed by atoms with van der Waals surface area (Å²) in [5.74, 6) is -1.35. The molecule has 1 saturated heterocycles. The Morgan fingerprint density at radius 2 is 1.97 bits per heavy atom. The zero-order valence-corrected chi connectivity index (χ0v) is 17.4. The molecule has 3 aromatic heterocycles. The highest BCUT2D eigenvalue weighted by atomic mass is 19.1. The fourth-order valence-electron chi connectivity index (χ4n) is 4.14. The van der Waals surface area contributed by atoms with Crippen molar-refractivity contribution in [3.63, 3.8) is 0 Å². The number of hydrogen-bond donors (Lipinski definition) is 0. The van der Waals surface area contributed by atoms with Crippen LogP contribution in [0.3, 0.4) is 0 Å². The monoisotopic (exact) mass is 423 g/mol. The molecule has 1 aliphatic rings. The van der Waals surface area contributed by atoms with Crippen LogP contribution < -0.4 is 0 Å². The number of fused-ring (bicyclic) bond motifs is 1. The van der Waals surface area contributed by atoms with Crippen molar-refractivity contribution in [1.82, 2.24) is 24.1 Å². The first-order chi connectivity index (χ1) is 15.0. The minimum Gasteiger partial charge on any atom is -0.375 e. The first kappa shape index (κ1) is 19.8. The average Bonchev–Trinajstić information content (AvgIpc) is 3.36. The zero-order chi connectivity index (χ0) is 21.5. The molecule has 6 nitrogen and oxygen atoms in total. The number of likely N-dealkylation sites (N-methyl/N-ethyl adjacent to an activating group) is 1. The van der Waals surface area contributed by atoms with E-state index in [2.05, 4.69) is 15.0 Å². The summed E-state index contributed by atoms with van der Waals surface area (Å²) >= 11 is 0. The van der Waals surface area contributed by atoms with Crippen LogP contribution in [0, 0.1) is 18.6 Å². The largest absolute Gasteiger partial charge is 0.375 e. The van der Waals surface area contributed by atoms with Crippen LogP contribution in [0.5, 0.6) is 0 Å². The summed E-state index contributed by atoms with van der Waals surface area (Å²) in [7, 11) is 2.04. The Hall–Kier alpha value is -3.10. The second kappa shape index (κ2) is 7.86. The van der Waals surface area contributed by atoms with Gasteiger partial charge in [0.15, 0.2) is 0 Å². The van der Waals surface area contributed by atoms with Gasteiger partial charge in [0.25, 0.3) is 0 Å². The maximum absolute atomic E-state index is 15.2. The SMILES string of the molecule is Cc1ccn2c(CC3CN(C)CCO3)c(-c3c(F)cc(-n4cccn4)cc3F)nc2c1. The topological polar surface area (TPSA) is 47.6 Å². The van der Waals surface area contributed by atoms with Gasteiger partial charge in [-0.1, -0.05) is 0 Å². The van der Waals surface area contributed by atoms with Gasteiger partial charge >= 0.3 is 0 Å². The molecular formula is C23H23F2N5O. The van der Waals surface area contributed by atoms with Crippen LogP contribution >= 0.6 is 0 Å². The van der Waals surface area contributed by atoms with Gasteiger partial charge in [-0.3, -0.25) is 0 Å². The van der Waals surface area contributed by atoms with Gasteiger partial charge in [0.2, 0.25) is 0 Å². The number of halogens is 2. The third kappa shape index (κ3) is 3.73. The summed E-state index contributed by atoms with van der Waals surface area (Å²) in [6.45, 7) is 4.22. The zero-order valence-electron chi connectivity index (χ0n) is 17.4. The lowest BCUT2D eigenvalue weighted by Crippen LogP contribution is -2.41. The number of benzene rings is 1. The Bertz CT molecular complexity index is 1210. The van der Waals surface area contributed by atoms with Crippen LogP contribution in [0.25, 0.3) is 22.6 Å². The molecule has 0 radical (unpaired) electrons. The van der Waals surface area contributed by atoms with Crippen LogP contribution in [0.4, 0.5) is 8.78 Å². The molecule has 0 saturated carbocycles. The highest BCUT2D eigenvalue weighted by Gasteiger charge is 2.26. The molecule has 8 heteroatoms. The number of nitrogens with zero attached hydrogens (tertiary/aromatic N) is 5. The summed E-state index contributed by atoms with van der Waals surface area (Å²) in [5.41, 5.74) is 2.92. The molecular weight excluding hydrogens is 400 g/mol. The highest BCUT2D eigenvalue weighted by Crippen LogP contribution is 2.32. The molecule has 160 valence electrons. The van der Waals surface area contributed by atoms with Crippen molar-refractivity contribution in [2.75, 3.05) is 26.7 Å². The molecule has 0 spiro atoms. The van der Waals surface area contributed by atoms with E-state index in [1.54, 1.807) is 18.5 Å². The number of aryl methyl sites for hydroxylation is 1. The fraction of sp³-hybridized carbons (Fsp3) is 0.304. The number of imidazole rings is 1. The average molecular weight is 423 g/mol. The number of hydrogen-bond acceptors (Lipinski definition) is 4. The predicted octanol–water partition coefficient (Wildman–Crippen LogP) is 3.65. The van der Waals surface area contributed by atoms with Gasteiger partial charge in [-0.2, -0.15) is 5.10 Å². The Labute approximate surface area is 178 Å². The smallest absolute Gasteiger partial charge is 0.137 e. The molecule has 5 rings (SSSR count). The quantitative estimate of drug-likeness (QED) is 0.503. The highest BCUT2D eigenvalue weighted by molar-refractivity contribution is 5.69. The molecule has 1 fully saturated rings. The number of pyridine rings is 1. The number of aromatic nitrogens is 4. The van der Waals surface area contributed by atoms with Crippen LogP contribution in [0.1, 0.15) is 11.3 Å². The summed E-state index contributed by atoms with van der Waals surface area (Å²) in [6.07, 6.45) is 5.53. The molecule has 0 N–H and O–H groups in total. The van der Waals surface area contributed by atoms with Crippen molar-refractivity contribution in [1.29, 1.82) is 0 Å². The van der Waals surface area contributed by atoms with Gasteiger partial charge in [-0.15, -0.1) is 0 Å². The van der Waals surface area contributed by atoms with E-state index in [0.29, 0.717) is 30.1 Å². The van der Waals surface area contributed by atoms with Gasteiger partial charge in [0.05, 0.1) is 35.3 Å². The van der Waals surface area contributed by atoms with E-state index in [0.717, 1.165) is 24.3 Å². The maximum Gasteiger partial charge on any atom is 0.137 e. The summed E-state index contributed by atoms with van der Waals surface area (Å²) in [6, 6.07) is 8.15. The van der Waals surface area contributed by atoms with Gasteiger partial charge in [0, 0.05) is 50.2 Å². The van der Waals surface area contributed by atoms with E-state index in [4.69, 9.17) is 4.74 Å². The van der Waals surface area contributed by atoms with E-state index in [9.17, 15) is 0 Å². The number of ether oxygens (including phenoxy) is 1. The Kier molecular flexibility index (Phi) is 5.03. The molecule has 1 unspecified atom stereocenters. The van der Waals surface area contributed by atoms with Crippen LogP contribution in [0.15, 0.2) is 48.9 Å². The van der Waals surface area contributed by atoms with E-state index < -0.39 is 11.6 Å². The molecule has 1 atom stereocenters. The molecule has 31 heavy (non-hydrogen) atoms. The van der Waals surface area contributed by atoms with Crippen molar-refractivity contribution < 1.29 is 13.5 Å². The van der Waals surface area contributed by atoms with E-state index in [1.165, 1.54) is 16.8 Å². The van der Waals surface area contributed by atoms with E-state index >= 15 is 8.78 Å². The van der Waals surface area contributed by atoms with Gasteiger partial charge in [-0.05, 0) is 37.7 Å². The Morgan fingerprint density at radius 3 is 2.68 bits per heavy atom. The third-order valence-corrected chi connectivity index (χ3v) is 5.68. The molecule has 4 heterocycles. The second-order valence-corrected chi connectivity index (χ2v) is 8.03. The van der Waals surface area contributed by atoms with Crippen LogP contribution in [-0.4, -0.2) is 56.9 Å². The Balaban J connectivity index is 1.64. The lowest BCUT2D eigenvalue weighted by atomic mass is 10.0. The summed E-state index contributed by atoms with van der Waals surface area (Å²) < 4.78 is 39.8. The second-order valence-electron chi connectivity index (χ2n) is 8.03. The number of morpholine rings is 1. The van der Waals surface area contributed by atoms with Gasteiger partial charge in [-0.25, -0.2) is 18.4 Å². The van der Waals surface area contributed by atoms with Crippen molar-refractivity contribution in [2.45, 2.75) is 19.4 Å². The molecule has 0 amide bonds. The van der Waals surface area contributed by atoms with Gasteiger partial charge in [0.1, 0.15) is 17.3 Å². The maximum atomic E-state index is 15.2. The first-order valence-corrected chi connectivity index (χ1v) is 10.3. The van der Waals surface area contributed by atoms with Gasteiger partial charge < -0.3 is 14.0 Å². The lowest BCUT2D eigenvalue weighted by molar-refractivity contribution is -0.0190. The normalized spacial score (nSPS) is 17.5. The van der Waals surface area contributed by atoms with Crippen molar-refractivity contribution in [3.8, 4) is 16.9 Å². The molecule has 4 aromatic rings.